The normalized spacial score (nSPS) is 11.0. The van der Waals surface area contributed by atoms with Gasteiger partial charge in [-0.05, 0) is 30.2 Å². The number of carbonyl (C=O) groups is 1. The second-order valence-corrected chi connectivity index (χ2v) is 4.99. The van der Waals surface area contributed by atoms with E-state index in [9.17, 15) is 9.59 Å². The number of aryl methyl sites for hydroxylation is 2. The summed E-state index contributed by atoms with van der Waals surface area (Å²) in [5.74, 6) is -0.507. The van der Waals surface area contributed by atoms with Gasteiger partial charge in [-0.2, -0.15) is 0 Å². The topological polar surface area (TPSA) is 52.2 Å². The highest BCUT2D eigenvalue weighted by atomic mass is 16.4. The number of carbonyl (C=O) groups excluding carboxylic acids is 1. The van der Waals surface area contributed by atoms with Crippen molar-refractivity contribution < 1.29 is 9.21 Å². The Morgan fingerprint density at radius 3 is 2.43 bits per heavy atom. The number of rotatable bonds is 3. The predicted molar refractivity (Wildman–Crippen MR) is 80.7 cm³/mol. The van der Waals surface area contributed by atoms with Crippen LogP contribution in [-0.2, 0) is 13.5 Å². The van der Waals surface area contributed by atoms with Gasteiger partial charge in [-0.1, -0.05) is 31.2 Å². The maximum atomic E-state index is 12.5. The average molecular weight is 281 g/mol. The molecule has 0 fully saturated rings. The molecule has 0 spiro atoms. The molecule has 0 aliphatic rings. The quantitative estimate of drug-likeness (QED) is 0.694. The lowest BCUT2D eigenvalue weighted by Crippen LogP contribution is -2.08. The molecule has 0 bridgehead atoms. The maximum Gasteiger partial charge on any atom is 0.419 e. The molecule has 0 aliphatic heterocycles. The van der Waals surface area contributed by atoms with Crippen molar-refractivity contribution in [2.24, 2.45) is 7.05 Å². The fraction of sp³-hybridized carbons (Fsp3) is 0.176. The molecule has 3 aromatic rings. The zero-order chi connectivity index (χ0) is 15.0. The van der Waals surface area contributed by atoms with E-state index in [-0.39, 0.29) is 5.78 Å². The van der Waals surface area contributed by atoms with E-state index in [0.717, 1.165) is 6.42 Å². The van der Waals surface area contributed by atoms with Crippen molar-refractivity contribution in [1.29, 1.82) is 0 Å². The molecule has 106 valence electrons. The Hall–Kier alpha value is -2.62. The van der Waals surface area contributed by atoms with Crippen LogP contribution in [0.15, 0.2) is 51.7 Å². The van der Waals surface area contributed by atoms with E-state index in [0.29, 0.717) is 22.2 Å². The molecule has 21 heavy (non-hydrogen) atoms. The van der Waals surface area contributed by atoms with Gasteiger partial charge in [-0.25, -0.2) is 4.79 Å². The van der Waals surface area contributed by atoms with Gasteiger partial charge in [0.05, 0.1) is 5.52 Å². The van der Waals surface area contributed by atoms with Crippen molar-refractivity contribution in [3.63, 3.8) is 0 Å². The van der Waals surface area contributed by atoms with Crippen LogP contribution in [0.4, 0.5) is 0 Å². The molecular weight excluding hydrogens is 266 g/mol. The Bertz CT molecular complexity index is 869. The predicted octanol–water partition coefficient (Wildman–Crippen LogP) is 2.92. The molecule has 0 amide bonds. The van der Waals surface area contributed by atoms with Gasteiger partial charge < -0.3 is 4.42 Å². The highest BCUT2D eigenvalue weighted by molar-refractivity contribution is 6.10. The van der Waals surface area contributed by atoms with Crippen molar-refractivity contribution in [2.75, 3.05) is 0 Å². The molecule has 4 nitrogen and oxygen atoms in total. The largest absolute Gasteiger partial charge is 0.419 e. The molecule has 0 radical (unpaired) electrons. The highest BCUT2D eigenvalue weighted by Crippen LogP contribution is 2.17. The summed E-state index contributed by atoms with van der Waals surface area (Å²) in [7, 11) is 1.64. The van der Waals surface area contributed by atoms with Gasteiger partial charge >= 0.3 is 5.76 Å². The molecular formula is C17H15NO3. The van der Waals surface area contributed by atoms with Gasteiger partial charge in [-0.15, -0.1) is 0 Å². The smallest absolute Gasteiger partial charge is 0.408 e. The van der Waals surface area contributed by atoms with Crippen LogP contribution in [0.5, 0.6) is 0 Å². The lowest BCUT2D eigenvalue weighted by molar-refractivity contribution is 0.103. The summed E-state index contributed by atoms with van der Waals surface area (Å²) in [6, 6.07) is 12.6. The van der Waals surface area contributed by atoms with Crippen LogP contribution in [0.3, 0.4) is 0 Å². The minimum Gasteiger partial charge on any atom is -0.408 e. The van der Waals surface area contributed by atoms with Crippen LogP contribution in [0.25, 0.3) is 11.1 Å². The zero-order valence-corrected chi connectivity index (χ0v) is 11.9. The van der Waals surface area contributed by atoms with Crippen molar-refractivity contribution >= 4 is 16.9 Å². The minimum atomic E-state index is -0.429. The van der Waals surface area contributed by atoms with Crippen LogP contribution in [0, 0.1) is 0 Å². The number of benzene rings is 2. The lowest BCUT2D eigenvalue weighted by Gasteiger charge is -2.03. The summed E-state index contributed by atoms with van der Waals surface area (Å²) in [5, 5.41) is 0. The molecule has 0 unspecified atom stereocenters. The van der Waals surface area contributed by atoms with Crippen LogP contribution in [-0.4, -0.2) is 10.4 Å². The van der Waals surface area contributed by atoms with E-state index in [4.69, 9.17) is 4.42 Å². The zero-order valence-electron chi connectivity index (χ0n) is 11.9. The fourth-order valence-electron chi connectivity index (χ4n) is 2.33. The molecule has 0 atom stereocenters. The molecule has 1 heterocycles. The van der Waals surface area contributed by atoms with Gasteiger partial charge in [0.25, 0.3) is 0 Å². The van der Waals surface area contributed by atoms with Crippen molar-refractivity contribution in [3.8, 4) is 0 Å². The first-order valence-electron chi connectivity index (χ1n) is 6.83. The SMILES string of the molecule is CCc1ccc(C(=O)c2ccc3c(c2)oc(=O)n3C)cc1. The molecule has 3 rings (SSSR count). The Kier molecular flexibility index (Phi) is 3.22. The first-order valence-corrected chi connectivity index (χ1v) is 6.83. The van der Waals surface area contributed by atoms with E-state index in [1.54, 1.807) is 25.2 Å². The summed E-state index contributed by atoms with van der Waals surface area (Å²) in [4.78, 5) is 23.9. The van der Waals surface area contributed by atoms with Gasteiger partial charge in [0.2, 0.25) is 0 Å². The summed E-state index contributed by atoms with van der Waals surface area (Å²) < 4.78 is 6.53. The van der Waals surface area contributed by atoms with E-state index in [1.807, 2.05) is 24.3 Å². The third-order valence-corrected chi connectivity index (χ3v) is 3.68. The van der Waals surface area contributed by atoms with Gasteiger partial charge in [0.1, 0.15) is 0 Å². The second kappa shape index (κ2) is 5.05. The Morgan fingerprint density at radius 1 is 1.10 bits per heavy atom. The van der Waals surface area contributed by atoms with Crippen molar-refractivity contribution in [2.45, 2.75) is 13.3 Å². The number of fused-ring (bicyclic) bond motifs is 1. The summed E-state index contributed by atoms with van der Waals surface area (Å²) in [5.41, 5.74) is 3.44. The molecule has 4 heteroatoms. The van der Waals surface area contributed by atoms with Gasteiger partial charge in [-0.3, -0.25) is 9.36 Å². The molecule has 1 aromatic heterocycles. The molecule has 0 saturated heterocycles. The Labute approximate surface area is 121 Å². The fourth-order valence-corrected chi connectivity index (χ4v) is 2.33. The van der Waals surface area contributed by atoms with Gasteiger partial charge in [0.15, 0.2) is 11.4 Å². The monoisotopic (exact) mass is 281 g/mol. The van der Waals surface area contributed by atoms with Crippen LogP contribution in [0.2, 0.25) is 0 Å². The molecule has 0 saturated carbocycles. The first-order chi connectivity index (χ1) is 10.1. The third-order valence-electron chi connectivity index (χ3n) is 3.68. The molecule has 2 aromatic carbocycles. The summed E-state index contributed by atoms with van der Waals surface area (Å²) in [6.45, 7) is 2.07. The third kappa shape index (κ3) is 2.29. The number of ketones is 1. The number of nitrogens with zero attached hydrogens (tertiary/aromatic N) is 1. The van der Waals surface area contributed by atoms with Crippen molar-refractivity contribution in [3.05, 3.63) is 69.7 Å². The van der Waals surface area contributed by atoms with Crippen molar-refractivity contribution in [1.82, 2.24) is 4.57 Å². The highest BCUT2D eigenvalue weighted by Gasteiger charge is 2.12. The van der Waals surface area contributed by atoms with Crippen LogP contribution < -0.4 is 5.76 Å². The first kappa shape index (κ1) is 13.4. The minimum absolute atomic E-state index is 0.0777. The summed E-state index contributed by atoms with van der Waals surface area (Å²) >= 11 is 0. The van der Waals surface area contributed by atoms with E-state index < -0.39 is 5.76 Å². The number of hydrogen-bond acceptors (Lipinski definition) is 3. The Balaban J connectivity index is 2.02. The van der Waals surface area contributed by atoms with E-state index >= 15 is 0 Å². The standard InChI is InChI=1S/C17H15NO3/c1-3-11-4-6-12(7-5-11)16(19)13-8-9-14-15(10-13)21-17(20)18(14)2/h4-10H,3H2,1-2H3. The number of aromatic nitrogens is 1. The molecule has 0 N–H and O–H groups in total. The maximum absolute atomic E-state index is 12.5. The average Bonchev–Trinajstić information content (AvgIpc) is 2.81. The van der Waals surface area contributed by atoms with Gasteiger partial charge in [0, 0.05) is 18.2 Å². The van der Waals surface area contributed by atoms with E-state index in [1.165, 1.54) is 10.1 Å². The van der Waals surface area contributed by atoms with Crippen LogP contribution >= 0.6 is 0 Å². The van der Waals surface area contributed by atoms with E-state index in [2.05, 4.69) is 6.92 Å². The number of hydrogen-bond donors (Lipinski definition) is 0. The lowest BCUT2D eigenvalue weighted by atomic mass is 10.0. The number of oxazole rings is 1. The summed E-state index contributed by atoms with van der Waals surface area (Å²) in [6.07, 6.45) is 0.940. The van der Waals surface area contributed by atoms with Crippen LogP contribution in [0.1, 0.15) is 28.4 Å². The molecule has 0 aliphatic carbocycles. The Morgan fingerprint density at radius 2 is 1.76 bits per heavy atom. The second-order valence-electron chi connectivity index (χ2n) is 4.99.